The zero-order valence-corrected chi connectivity index (χ0v) is 10.3. The fourth-order valence-corrected chi connectivity index (χ4v) is 3.43. The molecule has 1 heterocycles. The summed E-state index contributed by atoms with van der Waals surface area (Å²) in [5.74, 6) is -2.16. The number of amides is 1. The van der Waals surface area contributed by atoms with E-state index in [4.69, 9.17) is 10.2 Å². The van der Waals surface area contributed by atoms with Crippen LogP contribution in [0, 0.1) is 0 Å². The summed E-state index contributed by atoms with van der Waals surface area (Å²) in [6, 6.07) is -1.75. The highest BCUT2D eigenvalue weighted by atomic mass is 33.1. The van der Waals surface area contributed by atoms with Gasteiger partial charge in [0.15, 0.2) is 0 Å². The molecule has 0 bridgehead atoms. The van der Waals surface area contributed by atoms with Gasteiger partial charge in [0.1, 0.15) is 12.1 Å². The summed E-state index contributed by atoms with van der Waals surface area (Å²) in [6.07, 6.45) is 0. The highest BCUT2D eigenvalue weighted by Gasteiger charge is 2.24. The minimum Gasteiger partial charge on any atom is -0.480 e. The Bertz CT molecular complexity index is 325. The predicted octanol–water partition coefficient (Wildman–Crippen LogP) is -1.01. The number of hydrogen-bond donors (Lipinski definition) is 4. The van der Waals surface area contributed by atoms with E-state index in [1.165, 1.54) is 21.6 Å². The maximum absolute atomic E-state index is 11.3. The molecule has 0 aromatic rings. The maximum atomic E-state index is 11.3. The predicted molar refractivity (Wildman–Crippen MR) is 63.9 cm³/mol. The number of carboxylic acids is 2. The Morgan fingerprint density at radius 3 is 2.18 bits per heavy atom. The van der Waals surface area contributed by atoms with E-state index in [1.54, 1.807) is 0 Å². The molecule has 2 atom stereocenters. The Hall–Kier alpha value is -0.930. The summed E-state index contributed by atoms with van der Waals surface area (Å²) in [7, 11) is 2.50. The van der Waals surface area contributed by atoms with Gasteiger partial charge in [0, 0.05) is 11.5 Å². The van der Waals surface area contributed by atoms with Crippen LogP contribution in [-0.2, 0) is 14.4 Å². The van der Waals surface area contributed by atoms with Crippen LogP contribution in [-0.4, -0.2) is 58.2 Å². The van der Waals surface area contributed by atoms with Gasteiger partial charge >= 0.3 is 11.9 Å². The van der Waals surface area contributed by atoms with Gasteiger partial charge in [-0.05, 0) is 0 Å². The Morgan fingerprint density at radius 1 is 1.12 bits per heavy atom. The van der Waals surface area contributed by atoms with E-state index in [2.05, 4.69) is 10.6 Å². The number of rotatable bonds is 2. The van der Waals surface area contributed by atoms with Gasteiger partial charge < -0.3 is 15.5 Å². The molecular weight excluding hydrogens is 268 g/mol. The lowest BCUT2D eigenvalue weighted by Crippen LogP contribution is -2.50. The van der Waals surface area contributed by atoms with Crippen molar-refractivity contribution in [1.29, 1.82) is 0 Å². The molecule has 0 radical (unpaired) electrons. The van der Waals surface area contributed by atoms with Crippen LogP contribution in [0.4, 0.5) is 0 Å². The molecule has 4 N–H and O–H groups in total. The second-order valence-electron chi connectivity index (χ2n) is 3.30. The van der Waals surface area contributed by atoms with Crippen LogP contribution in [0.25, 0.3) is 0 Å². The van der Waals surface area contributed by atoms with Crippen molar-refractivity contribution in [3.05, 3.63) is 0 Å². The van der Waals surface area contributed by atoms with E-state index in [-0.39, 0.29) is 18.1 Å². The van der Waals surface area contributed by atoms with E-state index in [9.17, 15) is 14.4 Å². The first-order chi connectivity index (χ1) is 8.00. The highest BCUT2D eigenvalue weighted by Crippen LogP contribution is 2.23. The molecule has 0 spiro atoms. The van der Waals surface area contributed by atoms with E-state index in [0.29, 0.717) is 0 Å². The molecule has 0 aliphatic carbocycles. The molecule has 1 aliphatic heterocycles. The fraction of sp³-hybridized carbons (Fsp3) is 0.625. The van der Waals surface area contributed by atoms with Crippen molar-refractivity contribution >= 4 is 39.4 Å². The quantitative estimate of drug-likeness (QED) is 0.476. The number of carbonyl (C=O) groups excluding carboxylic acids is 1. The van der Waals surface area contributed by atoms with Crippen LogP contribution in [0.3, 0.4) is 0 Å². The summed E-state index contributed by atoms with van der Waals surface area (Å²) in [5.41, 5.74) is 0. The first-order valence-electron chi connectivity index (χ1n) is 4.73. The lowest BCUT2D eigenvalue weighted by atomic mass is 10.3. The molecule has 96 valence electrons. The summed E-state index contributed by atoms with van der Waals surface area (Å²) in [6.45, 7) is -0.202. The Morgan fingerprint density at radius 2 is 1.65 bits per heavy atom. The number of carbonyl (C=O) groups is 3. The van der Waals surface area contributed by atoms with Gasteiger partial charge in [-0.1, -0.05) is 21.6 Å². The topological polar surface area (TPSA) is 116 Å². The van der Waals surface area contributed by atoms with E-state index in [0.717, 1.165) is 0 Å². The first kappa shape index (κ1) is 14.1. The Kier molecular flexibility index (Phi) is 5.59. The molecule has 1 aliphatic rings. The summed E-state index contributed by atoms with van der Waals surface area (Å²) in [4.78, 5) is 32.9. The van der Waals surface area contributed by atoms with Gasteiger partial charge in [0.05, 0.1) is 6.54 Å². The third kappa shape index (κ3) is 4.84. The standard InChI is InChI=1S/C8H12N2O5S2/c11-6-1-9-4(7(12)13)2-16-17-3-5(10-6)8(14)15/h4-5,9H,1-3H2,(H,10,11)(H,12,13)(H,14,15). The largest absolute Gasteiger partial charge is 0.480 e. The van der Waals surface area contributed by atoms with Crippen molar-refractivity contribution in [2.24, 2.45) is 0 Å². The molecule has 1 saturated heterocycles. The van der Waals surface area contributed by atoms with Crippen LogP contribution in [0.15, 0.2) is 0 Å². The average molecular weight is 280 g/mol. The van der Waals surface area contributed by atoms with Crippen LogP contribution in [0.2, 0.25) is 0 Å². The number of aliphatic carboxylic acids is 2. The number of carboxylic acid groups (broad SMARTS) is 2. The highest BCUT2D eigenvalue weighted by molar-refractivity contribution is 8.76. The van der Waals surface area contributed by atoms with Gasteiger partial charge in [-0.25, -0.2) is 4.79 Å². The molecule has 0 aromatic heterocycles. The van der Waals surface area contributed by atoms with Crippen LogP contribution in [0.1, 0.15) is 0 Å². The molecule has 7 nitrogen and oxygen atoms in total. The number of hydrogen-bond acceptors (Lipinski definition) is 6. The Balaban J connectivity index is 2.59. The van der Waals surface area contributed by atoms with Crippen LogP contribution in [0.5, 0.6) is 0 Å². The average Bonchev–Trinajstić information content (AvgIpc) is 2.25. The third-order valence-electron chi connectivity index (χ3n) is 1.99. The van der Waals surface area contributed by atoms with Gasteiger partial charge in [-0.3, -0.25) is 14.9 Å². The summed E-state index contributed by atoms with van der Waals surface area (Å²) in [5, 5.41) is 22.5. The van der Waals surface area contributed by atoms with Gasteiger partial charge in [-0.2, -0.15) is 0 Å². The van der Waals surface area contributed by atoms with Gasteiger partial charge in [0.25, 0.3) is 0 Å². The fourth-order valence-electron chi connectivity index (χ4n) is 1.09. The molecule has 1 amide bonds. The first-order valence-corrected chi connectivity index (χ1v) is 7.22. The number of nitrogens with one attached hydrogen (secondary N) is 2. The second kappa shape index (κ2) is 6.72. The van der Waals surface area contributed by atoms with E-state index < -0.39 is 29.9 Å². The van der Waals surface area contributed by atoms with Crippen LogP contribution < -0.4 is 10.6 Å². The van der Waals surface area contributed by atoms with Crippen LogP contribution >= 0.6 is 21.6 Å². The van der Waals surface area contributed by atoms with Gasteiger partial charge in [-0.15, -0.1) is 0 Å². The molecule has 1 rings (SSSR count). The molecule has 0 aromatic carbocycles. The molecule has 1 fully saturated rings. The third-order valence-corrected chi connectivity index (χ3v) is 4.42. The minimum atomic E-state index is -1.10. The second-order valence-corrected chi connectivity index (χ2v) is 5.85. The van der Waals surface area contributed by atoms with Crippen molar-refractivity contribution in [1.82, 2.24) is 10.6 Å². The molecule has 2 unspecified atom stereocenters. The zero-order valence-electron chi connectivity index (χ0n) is 8.71. The van der Waals surface area contributed by atoms with Crippen molar-refractivity contribution in [2.45, 2.75) is 12.1 Å². The minimum absolute atomic E-state index is 0.202. The Labute approximate surface area is 105 Å². The smallest absolute Gasteiger partial charge is 0.327 e. The molecular formula is C8H12N2O5S2. The maximum Gasteiger partial charge on any atom is 0.327 e. The summed E-state index contributed by atoms with van der Waals surface area (Å²) >= 11 is 0. The van der Waals surface area contributed by atoms with E-state index in [1.807, 2.05) is 0 Å². The van der Waals surface area contributed by atoms with Crippen molar-refractivity contribution in [3.8, 4) is 0 Å². The zero-order chi connectivity index (χ0) is 12.8. The van der Waals surface area contributed by atoms with E-state index >= 15 is 0 Å². The molecule has 9 heteroatoms. The summed E-state index contributed by atoms with van der Waals surface area (Å²) < 4.78 is 0. The SMILES string of the molecule is O=C1CNC(C(=O)O)CSSCC(C(=O)O)N1. The lowest BCUT2D eigenvalue weighted by molar-refractivity contribution is -0.141. The molecule has 17 heavy (non-hydrogen) atoms. The van der Waals surface area contributed by atoms with Crippen molar-refractivity contribution in [2.75, 3.05) is 18.1 Å². The van der Waals surface area contributed by atoms with Crippen molar-refractivity contribution < 1.29 is 24.6 Å². The van der Waals surface area contributed by atoms with Crippen molar-refractivity contribution in [3.63, 3.8) is 0 Å². The normalized spacial score (nSPS) is 26.9. The monoisotopic (exact) mass is 280 g/mol. The molecule has 0 saturated carbocycles. The lowest BCUT2D eigenvalue weighted by Gasteiger charge is -2.19. The van der Waals surface area contributed by atoms with Gasteiger partial charge in [0.2, 0.25) is 5.91 Å².